The van der Waals surface area contributed by atoms with Crippen LogP contribution in [0.1, 0.15) is 36.5 Å². The van der Waals surface area contributed by atoms with E-state index in [-0.39, 0.29) is 0 Å². The lowest BCUT2D eigenvalue weighted by molar-refractivity contribution is 0.585. The summed E-state index contributed by atoms with van der Waals surface area (Å²) in [5.41, 5.74) is 3.59. The normalized spacial score (nSPS) is 10.9. The number of thiazole rings is 1. The molecule has 1 N–H and O–H groups in total. The van der Waals surface area contributed by atoms with Crippen LogP contribution in [0.25, 0.3) is 0 Å². The second kappa shape index (κ2) is 6.71. The van der Waals surface area contributed by atoms with E-state index in [9.17, 15) is 0 Å². The molecule has 0 saturated heterocycles. The van der Waals surface area contributed by atoms with E-state index in [4.69, 9.17) is 0 Å². The van der Waals surface area contributed by atoms with E-state index in [1.165, 1.54) is 17.0 Å². The maximum absolute atomic E-state index is 4.67. The number of benzene rings is 1. The molecule has 0 aliphatic rings. The van der Waals surface area contributed by atoms with Crippen LogP contribution in [0.2, 0.25) is 0 Å². The fourth-order valence-electron chi connectivity index (χ4n) is 1.82. The summed E-state index contributed by atoms with van der Waals surface area (Å²) in [6.45, 7) is 7.42. The molecule has 2 aromatic rings. The molecule has 0 radical (unpaired) electrons. The molecule has 3 heteroatoms. The number of aromatic nitrogens is 1. The number of rotatable bonds is 6. The Labute approximate surface area is 119 Å². The van der Waals surface area contributed by atoms with Gasteiger partial charge in [-0.25, -0.2) is 4.98 Å². The van der Waals surface area contributed by atoms with Crippen LogP contribution in [-0.2, 0) is 13.0 Å². The van der Waals surface area contributed by atoms with Crippen molar-refractivity contribution in [3.8, 4) is 0 Å². The van der Waals surface area contributed by atoms with Crippen LogP contribution in [0.3, 0.4) is 0 Å². The highest BCUT2D eigenvalue weighted by Gasteiger charge is 2.03. The second-order valence-corrected chi connectivity index (χ2v) is 6.33. The van der Waals surface area contributed by atoms with Crippen LogP contribution in [0.4, 0.5) is 5.69 Å². The zero-order chi connectivity index (χ0) is 13.7. The van der Waals surface area contributed by atoms with Crippen molar-refractivity contribution >= 4 is 17.0 Å². The first kappa shape index (κ1) is 14.1. The van der Waals surface area contributed by atoms with Crippen LogP contribution in [0.5, 0.6) is 0 Å². The van der Waals surface area contributed by atoms with Gasteiger partial charge in [-0.3, -0.25) is 0 Å². The van der Waals surface area contributed by atoms with Crippen LogP contribution >= 0.6 is 11.3 Å². The highest BCUT2D eigenvalue weighted by Crippen LogP contribution is 2.16. The average molecular weight is 274 g/mol. The molecule has 19 heavy (non-hydrogen) atoms. The summed E-state index contributed by atoms with van der Waals surface area (Å²) in [6, 6.07) is 8.47. The van der Waals surface area contributed by atoms with Crippen molar-refractivity contribution in [1.82, 2.24) is 4.98 Å². The Balaban J connectivity index is 1.84. The van der Waals surface area contributed by atoms with E-state index >= 15 is 0 Å². The van der Waals surface area contributed by atoms with Gasteiger partial charge < -0.3 is 5.32 Å². The number of aryl methyl sites for hydroxylation is 2. The average Bonchev–Trinajstić information content (AvgIpc) is 2.84. The first-order chi connectivity index (χ1) is 9.13. The third kappa shape index (κ3) is 4.67. The highest BCUT2D eigenvalue weighted by molar-refractivity contribution is 7.09. The third-order valence-corrected chi connectivity index (χ3v) is 4.02. The molecular formula is C16H22N2S. The van der Waals surface area contributed by atoms with Gasteiger partial charge in [-0.05, 0) is 37.8 Å². The molecule has 0 amide bonds. The quantitative estimate of drug-likeness (QED) is 0.829. The molecule has 0 fully saturated rings. The SMILES string of the molecule is Cc1ccc(NCc2csc(CCC(C)C)n2)cc1. The van der Waals surface area contributed by atoms with Crippen LogP contribution in [-0.4, -0.2) is 4.98 Å². The Hall–Kier alpha value is -1.35. The largest absolute Gasteiger partial charge is 0.379 e. The van der Waals surface area contributed by atoms with Gasteiger partial charge >= 0.3 is 0 Å². The summed E-state index contributed by atoms with van der Waals surface area (Å²) in [5, 5.41) is 6.83. The van der Waals surface area contributed by atoms with Crippen molar-refractivity contribution in [2.24, 2.45) is 5.92 Å². The topological polar surface area (TPSA) is 24.9 Å². The van der Waals surface area contributed by atoms with Gasteiger partial charge in [-0.1, -0.05) is 31.5 Å². The van der Waals surface area contributed by atoms with E-state index in [1.54, 1.807) is 11.3 Å². The van der Waals surface area contributed by atoms with Crippen molar-refractivity contribution in [3.63, 3.8) is 0 Å². The van der Waals surface area contributed by atoms with E-state index < -0.39 is 0 Å². The number of nitrogens with one attached hydrogen (secondary N) is 1. The van der Waals surface area contributed by atoms with Crippen molar-refractivity contribution in [2.75, 3.05) is 5.32 Å². The minimum Gasteiger partial charge on any atom is -0.379 e. The smallest absolute Gasteiger partial charge is 0.0929 e. The molecule has 0 spiro atoms. The molecule has 0 aliphatic heterocycles. The van der Waals surface area contributed by atoms with Crippen LogP contribution < -0.4 is 5.32 Å². The fourth-order valence-corrected chi connectivity index (χ4v) is 2.63. The Bertz CT molecular complexity index is 500. The number of nitrogens with zero attached hydrogens (tertiary/aromatic N) is 1. The summed E-state index contributed by atoms with van der Waals surface area (Å²) in [6.07, 6.45) is 2.32. The molecule has 0 bridgehead atoms. The van der Waals surface area contributed by atoms with Gasteiger partial charge in [0.2, 0.25) is 0 Å². The maximum atomic E-state index is 4.67. The van der Waals surface area contributed by atoms with Gasteiger partial charge in [-0.2, -0.15) is 0 Å². The van der Waals surface area contributed by atoms with Crippen molar-refractivity contribution in [1.29, 1.82) is 0 Å². The standard InChI is InChI=1S/C16H22N2S/c1-12(2)4-9-16-18-15(11-19-16)10-17-14-7-5-13(3)6-8-14/h5-8,11-12,17H,4,9-10H2,1-3H3. The molecule has 0 aliphatic carbocycles. The highest BCUT2D eigenvalue weighted by atomic mass is 32.1. The molecule has 0 saturated carbocycles. The monoisotopic (exact) mass is 274 g/mol. The summed E-state index contributed by atoms with van der Waals surface area (Å²) >= 11 is 1.78. The summed E-state index contributed by atoms with van der Waals surface area (Å²) in [7, 11) is 0. The minimum atomic E-state index is 0.748. The summed E-state index contributed by atoms with van der Waals surface area (Å²) in [5.74, 6) is 0.748. The maximum Gasteiger partial charge on any atom is 0.0929 e. The lowest BCUT2D eigenvalue weighted by atomic mass is 10.1. The first-order valence-corrected chi connectivity index (χ1v) is 7.75. The molecule has 102 valence electrons. The predicted octanol–water partition coefficient (Wildman–Crippen LogP) is 4.65. The zero-order valence-corrected chi connectivity index (χ0v) is 12.8. The van der Waals surface area contributed by atoms with Gasteiger partial charge in [-0.15, -0.1) is 11.3 Å². The van der Waals surface area contributed by atoms with Gasteiger partial charge in [0, 0.05) is 11.1 Å². The van der Waals surface area contributed by atoms with Crippen molar-refractivity contribution < 1.29 is 0 Å². The summed E-state index contributed by atoms with van der Waals surface area (Å²) in [4.78, 5) is 4.67. The Kier molecular flexibility index (Phi) is 4.97. The molecule has 1 aromatic heterocycles. The van der Waals surface area contributed by atoms with Gasteiger partial charge in [0.1, 0.15) is 0 Å². The van der Waals surface area contributed by atoms with E-state index in [2.05, 4.69) is 60.7 Å². The van der Waals surface area contributed by atoms with E-state index in [0.717, 1.165) is 30.3 Å². The Morgan fingerprint density at radius 2 is 1.95 bits per heavy atom. The zero-order valence-electron chi connectivity index (χ0n) is 11.9. The fraction of sp³-hybridized carbons (Fsp3) is 0.438. The molecule has 1 aromatic carbocycles. The van der Waals surface area contributed by atoms with E-state index in [1.807, 2.05) is 0 Å². The Morgan fingerprint density at radius 1 is 1.21 bits per heavy atom. The lowest BCUT2D eigenvalue weighted by Crippen LogP contribution is -2.00. The van der Waals surface area contributed by atoms with E-state index in [0.29, 0.717) is 0 Å². The van der Waals surface area contributed by atoms with Crippen molar-refractivity contribution in [3.05, 3.63) is 45.9 Å². The third-order valence-electron chi connectivity index (χ3n) is 3.06. The summed E-state index contributed by atoms with van der Waals surface area (Å²) < 4.78 is 0. The molecule has 2 rings (SSSR count). The lowest BCUT2D eigenvalue weighted by Gasteiger charge is -2.04. The van der Waals surface area contributed by atoms with Crippen LogP contribution in [0.15, 0.2) is 29.6 Å². The Morgan fingerprint density at radius 3 is 2.63 bits per heavy atom. The number of anilines is 1. The molecule has 2 nitrogen and oxygen atoms in total. The van der Waals surface area contributed by atoms with Gasteiger partial charge in [0.05, 0.1) is 17.2 Å². The van der Waals surface area contributed by atoms with Gasteiger partial charge in [0.25, 0.3) is 0 Å². The molecule has 0 atom stereocenters. The predicted molar refractivity (Wildman–Crippen MR) is 83.8 cm³/mol. The second-order valence-electron chi connectivity index (χ2n) is 5.38. The number of hydrogen-bond acceptors (Lipinski definition) is 3. The molecule has 0 unspecified atom stereocenters. The first-order valence-electron chi connectivity index (χ1n) is 6.87. The number of hydrogen-bond donors (Lipinski definition) is 1. The van der Waals surface area contributed by atoms with Gasteiger partial charge in [0.15, 0.2) is 0 Å². The molecule has 1 heterocycles. The van der Waals surface area contributed by atoms with Crippen LogP contribution in [0, 0.1) is 12.8 Å². The van der Waals surface area contributed by atoms with Crippen molar-refractivity contribution in [2.45, 2.75) is 40.2 Å². The molecular weight excluding hydrogens is 252 g/mol. The minimum absolute atomic E-state index is 0.748.